The molecule has 1 N–H and O–H groups in total. The van der Waals surface area contributed by atoms with Crippen LogP contribution in [0.3, 0.4) is 0 Å². The van der Waals surface area contributed by atoms with E-state index in [4.69, 9.17) is 0 Å². The highest BCUT2D eigenvalue weighted by Crippen LogP contribution is 2.09. The Kier molecular flexibility index (Phi) is 3.70. The number of likely N-dealkylation sites (N-methyl/N-ethyl adjacent to an activating group) is 1. The SMILES string of the molecule is CCN(CC(C)(C)O)C(=O)c1cnn(C)c1. The highest BCUT2D eigenvalue weighted by Gasteiger charge is 2.22. The van der Waals surface area contributed by atoms with E-state index in [1.807, 2.05) is 6.92 Å². The van der Waals surface area contributed by atoms with Crippen LogP contribution in [0.2, 0.25) is 0 Å². The van der Waals surface area contributed by atoms with Gasteiger partial charge in [-0.3, -0.25) is 9.48 Å². The first kappa shape index (κ1) is 12.7. The molecule has 0 aromatic carbocycles. The molecule has 0 radical (unpaired) electrons. The molecular weight excluding hydrogens is 206 g/mol. The standard InChI is InChI=1S/C11H19N3O2/c1-5-14(8-11(2,3)16)10(15)9-6-12-13(4)7-9/h6-7,16H,5,8H2,1-4H3. The van der Waals surface area contributed by atoms with Crippen LogP contribution in [0, 0.1) is 0 Å². The number of rotatable bonds is 4. The monoisotopic (exact) mass is 225 g/mol. The van der Waals surface area contributed by atoms with Crippen molar-refractivity contribution in [2.24, 2.45) is 7.05 Å². The van der Waals surface area contributed by atoms with Crippen LogP contribution >= 0.6 is 0 Å². The third kappa shape index (κ3) is 3.34. The lowest BCUT2D eigenvalue weighted by Crippen LogP contribution is -2.42. The third-order valence-corrected chi connectivity index (χ3v) is 2.20. The Hall–Kier alpha value is -1.36. The molecule has 0 bridgehead atoms. The first-order chi connectivity index (χ1) is 7.33. The zero-order chi connectivity index (χ0) is 12.3. The van der Waals surface area contributed by atoms with Crippen molar-refractivity contribution in [2.75, 3.05) is 13.1 Å². The lowest BCUT2D eigenvalue weighted by Gasteiger charge is -2.27. The third-order valence-electron chi connectivity index (χ3n) is 2.20. The van der Waals surface area contributed by atoms with Gasteiger partial charge in [0.2, 0.25) is 0 Å². The molecule has 0 aliphatic rings. The van der Waals surface area contributed by atoms with E-state index in [1.54, 1.807) is 36.7 Å². The van der Waals surface area contributed by atoms with E-state index in [0.29, 0.717) is 18.7 Å². The van der Waals surface area contributed by atoms with Crippen molar-refractivity contribution in [1.82, 2.24) is 14.7 Å². The molecule has 0 unspecified atom stereocenters. The average molecular weight is 225 g/mol. The fourth-order valence-electron chi connectivity index (χ4n) is 1.51. The normalized spacial score (nSPS) is 11.6. The first-order valence-electron chi connectivity index (χ1n) is 5.34. The van der Waals surface area contributed by atoms with Gasteiger partial charge in [0.25, 0.3) is 5.91 Å². The van der Waals surface area contributed by atoms with Gasteiger partial charge in [0.15, 0.2) is 0 Å². The molecule has 0 aliphatic carbocycles. The van der Waals surface area contributed by atoms with Crippen molar-refractivity contribution in [2.45, 2.75) is 26.4 Å². The summed E-state index contributed by atoms with van der Waals surface area (Å²) in [5.41, 5.74) is -0.331. The molecule has 1 aromatic rings. The van der Waals surface area contributed by atoms with Gasteiger partial charge < -0.3 is 10.0 Å². The molecule has 0 atom stereocenters. The highest BCUT2D eigenvalue weighted by molar-refractivity contribution is 5.93. The molecule has 0 spiro atoms. The number of nitrogens with zero attached hydrogens (tertiary/aromatic N) is 3. The van der Waals surface area contributed by atoms with E-state index in [-0.39, 0.29) is 5.91 Å². The van der Waals surface area contributed by atoms with Crippen LogP contribution in [-0.4, -0.2) is 44.4 Å². The number of hydrogen-bond acceptors (Lipinski definition) is 3. The van der Waals surface area contributed by atoms with Gasteiger partial charge in [-0.15, -0.1) is 0 Å². The molecule has 1 aromatic heterocycles. The number of amides is 1. The largest absolute Gasteiger partial charge is 0.389 e. The van der Waals surface area contributed by atoms with Crippen molar-refractivity contribution in [1.29, 1.82) is 0 Å². The highest BCUT2D eigenvalue weighted by atomic mass is 16.3. The minimum Gasteiger partial charge on any atom is -0.389 e. The predicted octanol–water partition coefficient (Wildman–Crippen LogP) is 0.653. The fourth-order valence-corrected chi connectivity index (χ4v) is 1.51. The minimum absolute atomic E-state index is 0.0993. The van der Waals surface area contributed by atoms with E-state index in [9.17, 15) is 9.90 Å². The molecular formula is C11H19N3O2. The number of hydrogen-bond donors (Lipinski definition) is 1. The molecule has 0 saturated carbocycles. The van der Waals surface area contributed by atoms with E-state index in [1.165, 1.54) is 6.20 Å². The quantitative estimate of drug-likeness (QED) is 0.818. The van der Waals surface area contributed by atoms with E-state index in [0.717, 1.165) is 0 Å². The molecule has 0 aliphatic heterocycles. The molecule has 5 nitrogen and oxygen atoms in total. The molecule has 0 fully saturated rings. The summed E-state index contributed by atoms with van der Waals surface area (Å²) in [6, 6.07) is 0. The van der Waals surface area contributed by atoms with Gasteiger partial charge in [-0.25, -0.2) is 0 Å². The zero-order valence-electron chi connectivity index (χ0n) is 10.3. The molecule has 1 heterocycles. The van der Waals surface area contributed by atoms with Gasteiger partial charge >= 0.3 is 0 Å². The van der Waals surface area contributed by atoms with Crippen LogP contribution in [0.1, 0.15) is 31.1 Å². The second-order valence-corrected chi connectivity index (χ2v) is 4.53. The number of aryl methyl sites for hydroxylation is 1. The maximum absolute atomic E-state index is 12.0. The average Bonchev–Trinajstić information content (AvgIpc) is 2.58. The molecule has 1 rings (SSSR count). The minimum atomic E-state index is -0.881. The van der Waals surface area contributed by atoms with Crippen molar-refractivity contribution in [3.63, 3.8) is 0 Å². The van der Waals surface area contributed by atoms with Gasteiger partial charge in [-0.05, 0) is 20.8 Å². The lowest BCUT2D eigenvalue weighted by molar-refractivity contribution is 0.0314. The summed E-state index contributed by atoms with van der Waals surface area (Å²) in [6.07, 6.45) is 3.21. The number of carbonyl (C=O) groups is 1. The van der Waals surface area contributed by atoms with Crippen molar-refractivity contribution in [3.8, 4) is 0 Å². The molecule has 90 valence electrons. The summed E-state index contributed by atoms with van der Waals surface area (Å²) in [6.45, 7) is 6.15. The van der Waals surface area contributed by atoms with Crippen LogP contribution in [0.4, 0.5) is 0 Å². The molecule has 1 amide bonds. The maximum Gasteiger partial charge on any atom is 0.257 e. The summed E-state index contributed by atoms with van der Waals surface area (Å²) in [7, 11) is 1.77. The Labute approximate surface area is 95.7 Å². The molecule has 0 saturated heterocycles. The number of carbonyl (C=O) groups excluding carboxylic acids is 1. The van der Waals surface area contributed by atoms with Crippen LogP contribution < -0.4 is 0 Å². The van der Waals surface area contributed by atoms with Crippen molar-refractivity contribution < 1.29 is 9.90 Å². The molecule has 5 heteroatoms. The summed E-state index contributed by atoms with van der Waals surface area (Å²) in [4.78, 5) is 13.6. The Morgan fingerprint density at radius 2 is 2.25 bits per heavy atom. The Balaban J connectivity index is 2.78. The van der Waals surface area contributed by atoms with Crippen LogP contribution in [-0.2, 0) is 7.05 Å². The van der Waals surface area contributed by atoms with Crippen molar-refractivity contribution in [3.05, 3.63) is 18.0 Å². The zero-order valence-corrected chi connectivity index (χ0v) is 10.3. The van der Waals surface area contributed by atoms with Gasteiger partial charge in [0, 0.05) is 26.3 Å². The second-order valence-electron chi connectivity index (χ2n) is 4.53. The smallest absolute Gasteiger partial charge is 0.257 e. The number of aromatic nitrogens is 2. The number of aliphatic hydroxyl groups is 1. The van der Waals surface area contributed by atoms with Crippen molar-refractivity contribution >= 4 is 5.91 Å². The maximum atomic E-state index is 12.0. The van der Waals surface area contributed by atoms with Gasteiger partial charge in [0.1, 0.15) is 0 Å². The van der Waals surface area contributed by atoms with Crippen LogP contribution in [0.25, 0.3) is 0 Å². The lowest BCUT2D eigenvalue weighted by atomic mass is 10.1. The second kappa shape index (κ2) is 4.65. The predicted molar refractivity (Wildman–Crippen MR) is 61.1 cm³/mol. The summed E-state index contributed by atoms with van der Waals surface area (Å²) < 4.78 is 1.59. The van der Waals surface area contributed by atoms with Gasteiger partial charge in [0.05, 0.1) is 17.4 Å². The molecule has 16 heavy (non-hydrogen) atoms. The summed E-state index contributed by atoms with van der Waals surface area (Å²) in [5.74, 6) is -0.0993. The Bertz CT molecular complexity index is 366. The van der Waals surface area contributed by atoms with Crippen LogP contribution in [0.5, 0.6) is 0 Å². The first-order valence-corrected chi connectivity index (χ1v) is 5.34. The van der Waals surface area contributed by atoms with Gasteiger partial charge in [-0.1, -0.05) is 0 Å². The van der Waals surface area contributed by atoms with E-state index in [2.05, 4.69) is 5.10 Å². The Morgan fingerprint density at radius 3 is 2.62 bits per heavy atom. The Morgan fingerprint density at radius 1 is 1.62 bits per heavy atom. The summed E-state index contributed by atoms with van der Waals surface area (Å²) >= 11 is 0. The van der Waals surface area contributed by atoms with E-state index >= 15 is 0 Å². The fraction of sp³-hybridized carbons (Fsp3) is 0.636. The summed E-state index contributed by atoms with van der Waals surface area (Å²) in [5, 5.41) is 13.7. The van der Waals surface area contributed by atoms with Gasteiger partial charge in [-0.2, -0.15) is 5.10 Å². The van der Waals surface area contributed by atoms with E-state index < -0.39 is 5.60 Å². The van der Waals surface area contributed by atoms with Crippen LogP contribution in [0.15, 0.2) is 12.4 Å². The topological polar surface area (TPSA) is 58.4 Å².